The Morgan fingerprint density at radius 1 is 1.39 bits per heavy atom. The number of carbonyl (C=O) groups is 1. The van der Waals surface area contributed by atoms with Crippen LogP contribution in [0.2, 0.25) is 0 Å². The molecule has 0 bridgehead atoms. The van der Waals surface area contributed by atoms with Gasteiger partial charge < -0.3 is 15.2 Å². The summed E-state index contributed by atoms with van der Waals surface area (Å²) >= 11 is 0. The molecule has 0 spiro atoms. The van der Waals surface area contributed by atoms with E-state index in [1.807, 2.05) is 0 Å². The highest BCUT2D eigenvalue weighted by Crippen LogP contribution is 2.45. The molecule has 1 aliphatic carbocycles. The van der Waals surface area contributed by atoms with Crippen LogP contribution in [-0.2, 0) is 9.53 Å². The van der Waals surface area contributed by atoms with Gasteiger partial charge in [-0.25, -0.2) is 0 Å². The van der Waals surface area contributed by atoms with Gasteiger partial charge in [0.05, 0.1) is 18.1 Å². The van der Waals surface area contributed by atoms with E-state index in [2.05, 4.69) is 19.2 Å². The number of amides is 1. The molecule has 2 rings (SSSR count). The summed E-state index contributed by atoms with van der Waals surface area (Å²) in [6.45, 7) is 5.81. The standard InChI is InChI=1S/C14H25NO3/c1-13(2)6-4-7-14(13,17)10-15-12(16)11-5-3-8-18-9-11/h11,17H,3-10H2,1-2H3,(H,15,16)/t11-,14+/m1/s1. The van der Waals surface area contributed by atoms with Crippen LogP contribution < -0.4 is 5.32 Å². The largest absolute Gasteiger partial charge is 0.387 e. The number of rotatable bonds is 3. The Hall–Kier alpha value is -0.610. The fraction of sp³-hybridized carbons (Fsp3) is 0.929. The minimum Gasteiger partial charge on any atom is -0.387 e. The molecule has 1 heterocycles. The normalized spacial score (nSPS) is 35.4. The summed E-state index contributed by atoms with van der Waals surface area (Å²) in [5.41, 5.74) is -0.860. The molecule has 1 amide bonds. The lowest BCUT2D eigenvalue weighted by Crippen LogP contribution is -2.51. The van der Waals surface area contributed by atoms with Crippen molar-refractivity contribution in [3.63, 3.8) is 0 Å². The summed E-state index contributed by atoms with van der Waals surface area (Å²) in [7, 11) is 0. The summed E-state index contributed by atoms with van der Waals surface area (Å²) in [5.74, 6) is -0.00214. The van der Waals surface area contributed by atoms with Gasteiger partial charge in [0.2, 0.25) is 5.91 Å². The zero-order valence-corrected chi connectivity index (χ0v) is 11.5. The number of hydrogen-bond donors (Lipinski definition) is 2. The van der Waals surface area contributed by atoms with Crippen LogP contribution in [0.4, 0.5) is 0 Å². The maximum atomic E-state index is 12.0. The van der Waals surface area contributed by atoms with Crippen molar-refractivity contribution < 1.29 is 14.6 Å². The van der Waals surface area contributed by atoms with E-state index in [0.717, 1.165) is 38.7 Å². The second kappa shape index (κ2) is 5.17. The molecule has 1 aliphatic heterocycles. The lowest BCUT2D eigenvalue weighted by atomic mass is 9.77. The molecule has 0 aromatic rings. The summed E-state index contributed by atoms with van der Waals surface area (Å²) < 4.78 is 5.32. The predicted molar refractivity (Wildman–Crippen MR) is 69.1 cm³/mol. The van der Waals surface area contributed by atoms with E-state index >= 15 is 0 Å². The molecular formula is C14H25NO3. The smallest absolute Gasteiger partial charge is 0.225 e. The van der Waals surface area contributed by atoms with Crippen LogP contribution in [0, 0.1) is 11.3 Å². The van der Waals surface area contributed by atoms with Gasteiger partial charge in [0.25, 0.3) is 0 Å². The Morgan fingerprint density at radius 2 is 2.17 bits per heavy atom. The second-order valence-corrected chi connectivity index (χ2v) is 6.40. The first-order valence-corrected chi connectivity index (χ1v) is 7.02. The zero-order chi connectivity index (χ0) is 13.2. The highest BCUT2D eigenvalue weighted by molar-refractivity contribution is 5.78. The van der Waals surface area contributed by atoms with Gasteiger partial charge in [-0.05, 0) is 37.5 Å². The van der Waals surface area contributed by atoms with Gasteiger partial charge in [0, 0.05) is 13.2 Å². The molecule has 0 aromatic carbocycles. The first kappa shape index (κ1) is 13.8. The van der Waals surface area contributed by atoms with E-state index in [4.69, 9.17) is 4.74 Å². The molecule has 4 nitrogen and oxygen atoms in total. The van der Waals surface area contributed by atoms with Gasteiger partial charge in [-0.1, -0.05) is 13.8 Å². The highest BCUT2D eigenvalue weighted by Gasteiger charge is 2.47. The van der Waals surface area contributed by atoms with Gasteiger partial charge in [0.1, 0.15) is 0 Å². The van der Waals surface area contributed by atoms with Gasteiger partial charge in [-0.2, -0.15) is 0 Å². The second-order valence-electron chi connectivity index (χ2n) is 6.40. The van der Waals surface area contributed by atoms with Crippen molar-refractivity contribution in [3.05, 3.63) is 0 Å². The lowest BCUT2D eigenvalue weighted by molar-refractivity contribution is -0.131. The maximum Gasteiger partial charge on any atom is 0.225 e. The number of aliphatic hydroxyl groups is 1. The molecule has 18 heavy (non-hydrogen) atoms. The Bertz CT molecular complexity index is 310. The summed E-state index contributed by atoms with van der Waals surface area (Å²) in [5, 5.41) is 13.5. The molecule has 0 radical (unpaired) electrons. The number of carbonyl (C=O) groups excluding carboxylic acids is 1. The summed E-state index contributed by atoms with van der Waals surface area (Å²) in [4.78, 5) is 12.0. The fourth-order valence-corrected chi connectivity index (χ4v) is 3.05. The third-order valence-electron chi connectivity index (χ3n) is 4.74. The highest BCUT2D eigenvalue weighted by atomic mass is 16.5. The molecule has 1 saturated heterocycles. The molecule has 2 fully saturated rings. The van der Waals surface area contributed by atoms with Gasteiger partial charge in [-0.3, -0.25) is 4.79 Å². The van der Waals surface area contributed by atoms with Crippen molar-refractivity contribution in [1.29, 1.82) is 0 Å². The fourth-order valence-electron chi connectivity index (χ4n) is 3.05. The molecule has 2 aliphatic rings. The topological polar surface area (TPSA) is 58.6 Å². The summed E-state index contributed by atoms with van der Waals surface area (Å²) in [6, 6.07) is 0. The molecular weight excluding hydrogens is 230 g/mol. The van der Waals surface area contributed by atoms with Crippen LogP contribution in [-0.4, -0.2) is 36.4 Å². The van der Waals surface area contributed by atoms with Crippen molar-refractivity contribution in [2.24, 2.45) is 11.3 Å². The molecule has 2 atom stereocenters. The summed E-state index contributed by atoms with van der Waals surface area (Å²) in [6.07, 6.45) is 4.68. The Labute approximate surface area is 109 Å². The minimum absolute atomic E-state index is 0.0332. The van der Waals surface area contributed by atoms with E-state index in [-0.39, 0.29) is 17.2 Å². The third-order valence-corrected chi connectivity index (χ3v) is 4.74. The van der Waals surface area contributed by atoms with Crippen molar-refractivity contribution in [1.82, 2.24) is 5.32 Å². The average Bonchev–Trinajstić information content (AvgIpc) is 2.62. The van der Waals surface area contributed by atoms with Gasteiger partial charge in [0.15, 0.2) is 0 Å². The average molecular weight is 255 g/mol. The van der Waals surface area contributed by atoms with Gasteiger partial charge in [-0.15, -0.1) is 0 Å². The molecule has 1 saturated carbocycles. The van der Waals surface area contributed by atoms with Crippen molar-refractivity contribution in [3.8, 4) is 0 Å². The SMILES string of the molecule is CC1(C)CCC[C@]1(O)CNC(=O)[C@@H]1CCCOC1. The van der Waals surface area contributed by atoms with E-state index in [1.165, 1.54) is 0 Å². The quantitative estimate of drug-likeness (QED) is 0.803. The Kier molecular flexibility index (Phi) is 3.97. The van der Waals surface area contributed by atoms with Crippen molar-refractivity contribution >= 4 is 5.91 Å². The molecule has 0 unspecified atom stereocenters. The molecule has 0 aromatic heterocycles. The van der Waals surface area contributed by atoms with Crippen LogP contribution in [0.1, 0.15) is 46.0 Å². The van der Waals surface area contributed by atoms with Crippen molar-refractivity contribution in [2.75, 3.05) is 19.8 Å². The van der Waals surface area contributed by atoms with Crippen molar-refractivity contribution in [2.45, 2.75) is 51.6 Å². The number of nitrogens with one attached hydrogen (secondary N) is 1. The number of hydrogen-bond acceptors (Lipinski definition) is 3. The molecule has 2 N–H and O–H groups in total. The third kappa shape index (κ3) is 2.69. The minimum atomic E-state index is -0.752. The zero-order valence-electron chi connectivity index (χ0n) is 11.5. The first-order chi connectivity index (χ1) is 8.45. The van der Waals surface area contributed by atoms with E-state index < -0.39 is 5.60 Å². The van der Waals surface area contributed by atoms with Crippen LogP contribution in [0.3, 0.4) is 0 Å². The molecule has 104 valence electrons. The van der Waals surface area contributed by atoms with Gasteiger partial charge >= 0.3 is 0 Å². The van der Waals surface area contributed by atoms with Crippen LogP contribution in [0.15, 0.2) is 0 Å². The van der Waals surface area contributed by atoms with E-state index in [9.17, 15) is 9.90 Å². The maximum absolute atomic E-state index is 12.0. The molecule has 4 heteroatoms. The van der Waals surface area contributed by atoms with E-state index in [1.54, 1.807) is 0 Å². The lowest BCUT2D eigenvalue weighted by Gasteiger charge is -2.37. The van der Waals surface area contributed by atoms with Crippen LogP contribution in [0.5, 0.6) is 0 Å². The Morgan fingerprint density at radius 3 is 2.72 bits per heavy atom. The first-order valence-electron chi connectivity index (χ1n) is 7.02. The number of ether oxygens (including phenoxy) is 1. The van der Waals surface area contributed by atoms with E-state index in [0.29, 0.717) is 13.2 Å². The Balaban J connectivity index is 1.85. The monoisotopic (exact) mass is 255 g/mol. The van der Waals surface area contributed by atoms with Crippen LogP contribution in [0.25, 0.3) is 0 Å². The van der Waals surface area contributed by atoms with Crippen LogP contribution >= 0.6 is 0 Å². The predicted octanol–water partition coefficient (Wildman–Crippen LogP) is 1.47.